The van der Waals surface area contributed by atoms with Gasteiger partial charge in [0.1, 0.15) is 0 Å². The number of carboxylic acids is 1. The molecule has 0 amide bonds. The van der Waals surface area contributed by atoms with E-state index in [1.807, 2.05) is 0 Å². The van der Waals surface area contributed by atoms with E-state index in [4.69, 9.17) is 5.11 Å². The summed E-state index contributed by atoms with van der Waals surface area (Å²) in [4.78, 5) is 11.1. The zero-order valence-electron chi connectivity index (χ0n) is 9.12. The Morgan fingerprint density at radius 1 is 1.39 bits per heavy atom. The molecule has 0 aliphatic carbocycles. The van der Waals surface area contributed by atoms with Gasteiger partial charge in [-0.05, 0) is 29.7 Å². The molecule has 0 bridgehead atoms. The van der Waals surface area contributed by atoms with Crippen LogP contribution in [0.1, 0.15) is 17.5 Å². The van der Waals surface area contributed by atoms with Crippen LogP contribution in [0.4, 0.5) is 13.2 Å². The van der Waals surface area contributed by atoms with Crippen LogP contribution in [0.5, 0.6) is 0 Å². The van der Waals surface area contributed by atoms with E-state index in [-0.39, 0.29) is 0 Å². The molecular formula is C12H9F3O2S. The van der Waals surface area contributed by atoms with E-state index in [1.165, 1.54) is 17.8 Å². The van der Waals surface area contributed by atoms with E-state index in [0.29, 0.717) is 28.2 Å². The molecule has 18 heavy (non-hydrogen) atoms. The molecule has 0 spiro atoms. The van der Waals surface area contributed by atoms with Crippen LogP contribution in [0.25, 0.3) is 5.57 Å². The number of alkyl halides is 3. The van der Waals surface area contributed by atoms with Gasteiger partial charge in [-0.2, -0.15) is 13.2 Å². The summed E-state index contributed by atoms with van der Waals surface area (Å²) < 4.78 is 37.6. The predicted octanol–water partition coefficient (Wildman–Crippen LogP) is 3.67. The number of hydrogen-bond donors (Lipinski definition) is 1. The zero-order valence-corrected chi connectivity index (χ0v) is 9.94. The molecule has 1 N–H and O–H groups in total. The highest BCUT2D eigenvalue weighted by Crippen LogP contribution is 2.40. The maximum absolute atomic E-state index is 12.5. The average Bonchev–Trinajstić information content (AvgIpc) is 2.27. The number of benzene rings is 1. The Bertz CT molecular complexity index is 521. The molecule has 0 radical (unpaired) electrons. The minimum absolute atomic E-state index is 0.489. The molecule has 1 aliphatic heterocycles. The second kappa shape index (κ2) is 4.68. The summed E-state index contributed by atoms with van der Waals surface area (Å²) in [5, 5.41) is 8.71. The average molecular weight is 274 g/mol. The summed E-state index contributed by atoms with van der Waals surface area (Å²) in [5.41, 5.74) is 0.456. The van der Waals surface area contributed by atoms with Crippen molar-refractivity contribution in [3.8, 4) is 0 Å². The number of halogens is 3. The van der Waals surface area contributed by atoms with Gasteiger partial charge in [0.25, 0.3) is 0 Å². The normalized spacial score (nSPS) is 17.6. The first-order valence-electron chi connectivity index (χ1n) is 5.16. The Morgan fingerprint density at radius 3 is 2.72 bits per heavy atom. The second-order valence-corrected chi connectivity index (χ2v) is 4.95. The Hall–Kier alpha value is -1.43. The van der Waals surface area contributed by atoms with Crippen molar-refractivity contribution in [2.24, 2.45) is 0 Å². The van der Waals surface area contributed by atoms with Crippen molar-refractivity contribution >= 4 is 23.3 Å². The molecule has 6 heteroatoms. The van der Waals surface area contributed by atoms with Gasteiger partial charge in [0.2, 0.25) is 0 Å². The lowest BCUT2D eigenvalue weighted by molar-refractivity contribution is -0.137. The molecule has 1 aliphatic rings. The molecular weight excluding hydrogens is 265 g/mol. The van der Waals surface area contributed by atoms with Crippen molar-refractivity contribution in [2.45, 2.75) is 17.5 Å². The van der Waals surface area contributed by atoms with Crippen molar-refractivity contribution in [2.75, 3.05) is 5.75 Å². The number of aliphatic carboxylic acids is 1. The Kier molecular flexibility index (Phi) is 3.38. The molecule has 0 saturated carbocycles. The summed E-state index contributed by atoms with van der Waals surface area (Å²) in [7, 11) is 0. The lowest BCUT2D eigenvalue weighted by atomic mass is 10.0. The molecule has 1 heterocycles. The van der Waals surface area contributed by atoms with Gasteiger partial charge in [0.05, 0.1) is 5.56 Å². The van der Waals surface area contributed by atoms with Crippen molar-refractivity contribution in [3.05, 3.63) is 35.4 Å². The summed E-state index contributed by atoms with van der Waals surface area (Å²) in [5.74, 6) is -0.490. The van der Waals surface area contributed by atoms with E-state index in [1.54, 1.807) is 0 Å². The van der Waals surface area contributed by atoms with Gasteiger partial charge in [-0.25, -0.2) is 4.79 Å². The van der Waals surface area contributed by atoms with Crippen molar-refractivity contribution in [1.29, 1.82) is 0 Å². The summed E-state index contributed by atoms with van der Waals surface area (Å²) in [6, 6.07) is 3.41. The smallest absolute Gasteiger partial charge is 0.416 e. The fourth-order valence-corrected chi connectivity index (χ4v) is 2.89. The number of thioether (sulfide) groups is 1. The van der Waals surface area contributed by atoms with Crippen LogP contribution in [-0.4, -0.2) is 16.8 Å². The van der Waals surface area contributed by atoms with Crippen LogP contribution in [-0.2, 0) is 11.0 Å². The van der Waals surface area contributed by atoms with Crippen LogP contribution in [0, 0.1) is 0 Å². The van der Waals surface area contributed by atoms with Crippen LogP contribution in [0.15, 0.2) is 29.2 Å². The lowest BCUT2D eigenvalue weighted by Crippen LogP contribution is -2.07. The SMILES string of the molecule is O=C(O)C=C1CCSc2cc(C(F)(F)F)ccc21. The first kappa shape index (κ1) is 13.0. The third kappa shape index (κ3) is 2.69. The van der Waals surface area contributed by atoms with E-state index < -0.39 is 17.7 Å². The summed E-state index contributed by atoms with van der Waals surface area (Å²) >= 11 is 1.32. The Balaban J connectivity index is 2.46. The van der Waals surface area contributed by atoms with Gasteiger partial charge in [0.15, 0.2) is 0 Å². The molecule has 96 valence electrons. The summed E-state index contributed by atoms with van der Waals surface area (Å²) in [6.07, 6.45) is -2.76. The van der Waals surface area contributed by atoms with Gasteiger partial charge in [-0.1, -0.05) is 6.07 Å². The number of allylic oxidation sites excluding steroid dienone is 1. The maximum Gasteiger partial charge on any atom is 0.416 e. The molecule has 0 saturated heterocycles. The van der Waals surface area contributed by atoms with Gasteiger partial charge in [0, 0.05) is 16.7 Å². The number of carboxylic acid groups (broad SMARTS) is 1. The number of hydrogen-bond acceptors (Lipinski definition) is 2. The van der Waals surface area contributed by atoms with Crippen LogP contribution >= 0.6 is 11.8 Å². The topological polar surface area (TPSA) is 37.3 Å². The maximum atomic E-state index is 12.5. The molecule has 1 aromatic carbocycles. The molecule has 0 unspecified atom stereocenters. The standard InChI is InChI=1S/C12H9F3O2S/c13-12(14,15)8-1-2-9-7(5-11(16)17)3-4-18-10(9)6-8/h1-2,5-6H,3-4H2,(H,16,17). The first-order chi connectivity index (χ1) is 8.38. The Morgan fingerprint density at radius 2 is 2.11 bits per heavy atom. The molecule has 0 atom stereocenters. The van der Waals surface area contributed by atoms with Gasteiger partial charge in [-0.3, -0.25) is 0 Å². The minimum atomic E-state index is -4.37. The van der Waals surface area contributed by atoms with Crippen LogP contribution < -0.4 is 0 Å². The van der Waals surface area contributed by atoms with Crippen LogP contribution in [0.2, 0.25) is 0 Å². The predicted molar refractivity (Wildman–Crippen MR) is 62.4 cm³/mol. The highest BCUT2D eigenvalue weighted by Gasteiger charge is 2.31. The largest absolute Gasteiger partial charge is 0.478 e. The van der Waals surface area contributed by atoms with Crippen molar-refractivity contribution in [1.82, 2.24) is 0 Å². The monoisotopic (exact) mass is 274 g/mol. The highest BCUT2D eigenvalue weighted by atomic mass is 32.2. The lowest BCUT2D eigenvalue weighted by Gasteiger charge is -2.19. The van der Waals surface area contributed by atoms with Crippen LogP contribution in [0.3, 0.4) is 0 Å². The number of carbonyl (C=O) groups is 1. The van der Waals surface area contributed by atoms with E-state index in [9.17, 15) is 18.0 Å². The third-order valence-corrected chi connectivity index (χ3v) is 3.64. The second-order valence-electron chi connectivity index (χ2n) is 3.81. The van der Waals surface area contributed by atoms with Gasteiger partial charge >= 0.3 is 12.1 Å². The fraction of sp³-hybridized carbons (Fsp3) is 0.250. The third-order valence-electron chi connectivity index (χ3n) is 2.58. The van der Waals surface area contributed by atoms with Gasteiger partial charge in [-0.15, -0.1) is 11.8 Å². The van der Waals surface area contributed by atoms with E-state index >= 15 is 0 Å². The Labute approximate surface area is 106 Å². The quantitative estimate of drug-likeness (QED) is 0.794. The number of rotatable bonds is 1. The molecule has 2 rings (SSSR count). The van der Waals surface area contributed by atoms with Crippen molar-refractivity contribution in [3.63, 3.8) is 0 Å². The number of fused-ring (bicyclic) bond motifs is 1. The fourth-order valence-electron chi connectivity index (χ4n) is 1.79. The van der Waals surface area contributed by atoms with Gasteiger partial charge < -0.3 is 5.11 Å². The van der Waals surface area contributed by atoms with E-state index in [2.05, 4.69) is 0 Å². The highest BCUT2D eigenvalue weighted by molar-refractivity contribution is 7.99. The summed E-state index contributed by atoms with van der Waals surface area (Å²) in [6.45, 7) is 0. The first-order valence-corrected chi connectivity index (χ1v) is 6.14. The molecule has 0 aromatic heterocycles. The molecule has 0 fully saturated rings. The van der Waals surface area contributed by atoms with E-state index in [0.717, 1.165) is 18.2 Å². The molecule has 1 aromatic rings. The zero-order chi connectivity index (χ0) is 13.3. The molecule has 2 nitrogen and oxygen atoms in total. The van der Waals surface area contributed by atoms with Crippen molar-refractivity contribution < 1.29 is 23.1 Å². The minimum Gasteiger partial charge on any atom is -0.478 e.